The Labute approximate surface area is 135 Å². The second-order valence-corrected chi connectivity index (χ2v) is 5.18. The monoisotopic (exact) mass is 316 g/mol. The minimum Gasteiger partial charge on any atom is -0.466 e. The van der Waals surface area contributed by atoms with Crippen LogP contribution >= 0.6 is 0 Å². The van der Waals surface area contributed by atoms with Gasteiger partial charge in [-0.05, 0) is 18.1 Å². The van der Waals surface area contributed by atoms with E-state index in [1.54, 1.807) is 4.90 Å². The molecule has 1 aromatic rings. The third-order valence-electron chi connectivity index (χ3n) is 3.58. The fraction of sp³-hybridized carbons (Fsp3) is 0.353. The first-order chi connectivity index (χ1) is 11.1. The molecular formula is C17H20N2O4. The smallest absolute Gasteiger partial charge is 0.330 e. The Hall–Kier alpha value is -2.63. The van der Waals surface area contributed by atoms with Crippen molar-refractivity contribution in [3.63, 3.8) is 0 Å². The van der Waals surface area contributed by atoms with Crippen molar-refractivity contribution < 1.29 is 19.1 Å². The molecule has 0 radical (unpaired) electrons. The van der Waals surface area contributed by atoms with E-state index in [0.717, 1.165) is 17.7 Å². The van der Waals surface area contributed by atoms with Gasteiger partial charge in [-0.15, -0.1) is 0 Å². The van der Waals surface area contributed by atoms with Gasteiger partial charge in [0.05, 0.1) is 13.5 Å². The number of amides is 2. The summed E-state index contributed by atoms with van der Waals surface area (Å²) in [6.07, 6.45) is 4.37. The first kappa shape index (κ1) is 16.7. The van der Waals surface area contributed by atoms with Gasteiger partial charge >= 0.3 is 5.97 Å². The van der Waals surface area contributed by atoms with E-state index in [4.69, 9.17) is 0 Å². The molecule has 0 aromatic heterocycles. The van der Waals surface area contributed by atoms with Gasteiger partial charge in [0, 0.05) is 31.3 Å². The van der Waals surface area contributed by atoms with E-state index < -0.39 is 5.97 Å². The maximum atomic E-state index is 12.0. The van der Waals surface area contributed by atoms with Crippen LogP contribution in [0.25, 0.3) is 0 Å². The van der Waals surface area contributed by atoms with Crippen LogP contribution in [0.2, 0.25) is 0 Å². The Bertz CT molecular complexity index is 625. The SMILES string of the molecule is COC(=O)/C=C/CNC(=O)Cc1ccccc1N1CCCC1=O. The van der Waals surface area contributed by atoms with Crippen molar-refractivity contribution in [2.24, 2.45) is 0 Å². The normalized spacial score (nSPS) is 14.3. The minimum atomic E-state index is -0.461. The molecule has 1 aromatic carbocycles. The highest BCUT2D eigenvalue weighted by molar-refractivity contribution is 5.96. The largest absolute Gasteiger partial charge is 0.466 e. The van der Waals surface area contributed by atoms with E-state index in [9.17, 15) is 14.4 Å². The van der Waals surface area contributed by atoms with Crippen molar-refractivity contribution in [1.29, 1.82) is 0 Å². The topological polar surface area (TPSA) is 75.7 Å². The summed E-state index contributed by atoms with van der Waals surface area (Å²) >= 11 is 0. The van der Waals surface area contributed by atoms with Crippen LogP contribution in [-0.4, -0.2) is 38.0 Å². The van der Waals surface area contributed by atoms with Gasteiger partial charge in [0.15, 0.2) is 0 Å². The van der Waals surface area contributed by atoms with Crippen molar-refractivity contribution >= 4 is 23.5 Å². The maximum Gasteiger partial charge on any atom is 0.330 e. The first-order valence-corrected chi connectivity index (χ1v) is 7.51. The molecular weight excluding hydrogens is 296 g/mol. The molecule has 1 heterocycles. The molecule has 0 saturated carbocycles. The summed E-state index contributed by atoms with van der Waals surface area (Å²) in [5.41, 5.74) is 1.62. The van der Waals surface area contributed by atoms with Crippen molar-refractivity contribution in [2.45, 2.75) is 19.3 Å². The van der Waals surface area contributed by atoms with Gasteiger partial charge in [-0.25, -0.2) is 4.79 Å². The van der Waals surface area contributed by atoms with Gasteiger partial charge < -0.3 is 15.0 Å². The van der Waals surface area contributed by atoms with E-state index in [1.165, 1.54) is 19.3 Å². The van der Waals surface area contributed by atoms with Crippen LogP contribution in [0.5, 0.6) is 0 Å². The third-order valence-corrected chi connectivity index (χ3v) is 3.58. The number of methoxy groups -OCH3 is 1. The molecule has 0 spiro atoms. The Morgan fingerprint density at radius 3 is 2.83 bits per heavy atom. The zero-order valence-corrected chi connectivity index (χ0v) is 13.1. The lowest BCUT2D eigenvalue weighted by molar-refractivity contribution is -0.135. The molecule has 1 N–H and O–H groups in total. The fourth-order valence-corrected chi connectivity index (χ4v) is 2.46. The van der Waals surface area contributed by atoms with E-state index >= 15 is 0 Å². The van der Waals surface area contributed by atoms with Gasteiger partial charge in [-0.1, -0.05) is 24.3 Å². The van der Waals surface area contributed by atoms with Crippen molar-refractivity contribution in [3.05, 3.63) is 42.0 Å². The molecule has 6 heteroatoms. The number of hydrogen-bond acceptors (Lipinski definition) is 4. The zero-order chi connectivity index (χ0) is 16.7. The Kier molecular flexibility index (Phi) is 5.91. The highest BCUT2D eigenvalue weighted by Gasteiger charge is 2.23. The second-order valence-electron chi connectivity index (χ2n) is 5.18. The van der Waals surface area contributed by atoms with Crippen molar-refractivity contribution in [1.82, 2.24) is 5.32 Å². The average Bonchev–Trinajstić information content (AvgIpc) is 2.97. The first-order valence-electron chi connectivity index (χ1n) is 7.51. The molecule has 0 atom stereocenters. The minimum absolute atomic E-state index is 0.0962. The molecule has 0 bridgehead atoms. The number of benzene rings is 1. The van der Waals surface area contributed by atoms with Crippen LogP contribution in [0.3, 0.4) is 0 Å². The molecule has 1 aliphatic rings. The molecule has 1 saturated heterocycles. The van der Waals surface area contributed by atoms with Crippen LogP contribution in [0, 0.1) is 0 Å². The number of rotatable bonds is 6. The fourth-order valence-electron chi connectivity index (χ4n) is 2.46. The number of hydrogen-bond donors (Lipinski definition) is 1. The van der Waals surface area contributed by atoms with Crippen LogP contribution in [0.1, 0.15) is 18.4 Å². The lowest BCUT2D eigenvalue weighted by Crippen LogP contribution is -2.28. The quantitative estimate of drug-likeness (QED) is 0.632. The lowest BCUT2D eigenvalue weighted by atomic mass is 10.1. The van der Waals surface area contributed by atoms with Gasteiger partial charge in [-0.2, -0.15) is 0 Å². The molecule has 1 fully saturated rings. The van der Waals surface area contributed by atoms with E-state index in [1.807, 2.05) is 24.3 Å². The Morgan fingerprint density at radius 1 is 1.35 bits per heavy atom. The van der Waals surface area contributed by atoms with Gasteiger partial charge in [0.2, 0.25) is 11.8 Å². The van der Waals surface area contributed by atoms with Crippen molar-refractivity contribution in [3.8, 4) is 0 Å². The molecule has 0 aliphatic carbocycles. The average molecular weight is 316 g/mol. The predicted octanol–water partition coefficient (Wildman–Crippen LogP) is 1.20. The number of ether oxygens (including phenoxy) is 1. The summed E-state index contributed by atoms with van der Waals surface area (Å²) in [4.78, 5) is 36.5. The number of carbonyl (C=O) groups excluding carboxylic acids is 3. The van der Waals surface area contributed by atoms with Gasteiger partial charge in [0.1, 0.15) is 0 Å². The molecule has 1 aliphatic heterocycles. The van der Waals surface area contributed by atoms with Gasteiger partial charge in [-0.3, -0.25) is 9.59 Å². The molecule has 2 amide bonds. The number of nitrogens with one attached hydrogen (secondary N) is 1. The number of esters is 1. The summed E-state index contributed by atoms with van der Waals surface area (Å²) in [7, 11) is 1.29. The summed E-state index contributed by atoms with van der Waals surface area (Å²) in [5, 5.41) is 2.70. The highest BCUT2D eigenvalue weighted by Crippen LogP contribution is 2.25. The van der Waals surface area contributed by atoms with Crippen molar-refractivity contribution in [2.75, 3.05) is 25.1 Å². The predicted molar refractivity (Wildman–Crippen MR) is 85.9 cm³/mol. The summed E-state index contributed by atoms with van der Waals surface area (Å²) in [6, 6.07) is 7.43. The molecule has 23 heavy (non-hydrogen) atoms. The summed E-state index contributed by atoms with van der Waals surface area (Å²) in [6.45, 7) is 0.943. The van der Waals surface area contributed by atoms with E-state index in [2.05, 4.69) is 10.1 Å². The third kappa shape index (κ3) is 4.67. The van der Waals surface area contributed by atoms with Crippen LogP contribution in [0.15, 0.2) is 36.4 Å². The molecule has 2 rings (SSSR count). The molecule has 6 nitrogen and oxygen atoms in total. The number of nitrogens with zero attached hydrogens (tertiary/aromatic N) is 1. The number of carbonyl (C=O) groups is 3. The Balaban J connectivity index is 1.95. The highest BCUT2D eigenvalue weighted by atomic mass is 16.5. The maximum absolute atomic E-state index is 12.0. The van der Waals surface area contributed by atoms with E-state index in [0.29, 0.717) is 13.0 Å². The Morgan fingerprint density at radius 2 is 2.13 bits per heavy atom. The molecule has 0 unspecified atom stereocenters. The standard InChI is InChI=1S/C17H20N2O4/c1-23-17(22)9-4-10-18-15(20)12-13-6-2-3-7-14(13)19-11-5-8-16(19)21/h2-4,6-7,9H,5,8,10-12H2,1H3,(H,18,20)/b9-4+. The second kappa shape index (κ2) is 8.12. The van der Waals surface area contributed by atoms with Crippen LogP contribution in [0.4, 0.5) is 5.69 Å². The molecule has 122 valence electrons. The summed E-state index contributed by atoms with van der Waals surface area (Å²) in [5.74, 6) is -0.533. The number of anilines is 1. The van der Waals surface area contributed by atoms with Gasteiger partial charge in [0.25, 0.3) is 0 Å². The summed E-state index contributed by atoms with van der Waals surface area (Å²) < 4.78 is 4.46. The van der Waals surface area contributed by atoms with E-state index in [-0.39, 0.29) is 24.8 Å². The van der Waals surface area contributed by atoms with Crippen LogP contribution < -0.4 is 10.2 Å². The number of para-hydroxylation sites is 1. The van der Waals surface area contributed by atoms with Crippen LogP contribution in [-0.2, 0) is 25.5 Å². The lowest BCUT2D eigenvalue weighted by Gasteiger charge is -2.19. The zero-order valence-electron chi connectivity index (χ0n) is 13.1.